The number of phenolic OH excluding ortho intramolecular Hbond substituents is 1. The van der Waals surface area contributed by atoms with Crippen LogP contribution in [0.1, 0.15) is 35.2 Å². The predicted octanol–water partition coefficient (Wildman–Crippen LogP) is 2.96. The summed E-state index contributed by atoms with van der Waals surface area (Å²) in [7, 11) is 0. The number of carbonyl (C=O) groups is 2. The first-order valence-corrected chi connectivity index (χ1v) is 7.01. The van der Waals surface area contributed by atoms with Crippen LogP contribution in [0.2, 0.25) is 0 Å². The molecule has 1 N–H and O–H groups in total. The highest BCUT2D eigenvalue weighted by atomic mass is 16.5. The molecule has 0 amide bonds. The minimum Gasteiger partial charge on any atom is -0.507 e. The van der Waals surface area contributed by atoms with E-state index in [0.717, 1.165) is 12.8 Å². The lowest BCUT2D eigenvalue weighted by atomic mass is 10.0. The molecule has 0 radical (unpaired) electrons. The topological polar surface area (TPSA) is 63.6 Å². The van der Waals surface area contributed by atoms with Crippen molar-refractivity contribution >= 4 is 11.8 Å². The highest BCUT2D eigenvalue weighted by Gasteiger charge is 2.18. The molecule has 0 unspecified atom stereocenters. The van der Waals surface area contributed by atoms with E-state index >= 15 is 0 Å². The number of cyclic esters (lactones) is 1. The molecule has 1 aromatic carbocycles. The van der Waals surface area contributed by atoms with Gasteiger partial charge >= 0.3 is 5.97 Å². The van der Waals surface area contributed by atoms with Crippen LogP contribution in [0.25, 0.3) is 0 Å². The molecular formula is C17H18O4. The number of rotatable bonds is 0. The second-order valence-corrected chi connectivity index (χ2v) is 4.83. The van der Waals surface area contributed by atoms with Gasteiger partial charge in [-0.1, -0.05) is 30.4 Å². The molecule has 1 aromatic rings. The van der Waals surface area contributed by atoms with Crippen molar-refractivity contribution in [3.63, 3.8) is 0 Å². The summed E-state index contributed by atoms with van der Waals surface area (Å²) in [6, 6.07) is 4.70. The third-order valence-corrected chi connectivity index (χ3v) is 3.19. The average Bonchev–Trinajstić information content (AvgIpc) is 2.44. The molecule has 1 aliphatic heterocycles. The quantitative estimate of drug-likeness (QED) is 0.588. The molecule has 0 aromatic heterocycles. The summed E-state index contributed by atoms with van der Waals surface area (Å²) in [4.78, 5) is 24.0. The number of aromatic hydroxyl groups is 1. The summed E-state index contributed by atoms with van der Waals surface area (Å²) in [5.41, 5.74) is 0.572. The van der Waals surface area contributed by atoms with E-state index in [1.807, 2.05) is 18.2 Å². The number of phenols is 1. The normalized spacial score (nSPS) is 20.0. The van der Waals surface area contributed by atoms with Crippen LogP contribution in [0.5, 0.6) is 5.75 Å². The van der Waals surface area contributed by atoms with Crippen molar-refractivity contribution in [3.8, 4) is 5.75 Å². The van der Waals surface area contributed by atoms with E-state index in [1.54, 1.807) is 12.1 Å². The van der Waals surface area contributed by atoms with Gasteiger partial charge in [0.25, 0.3) is 0 Å². The fourth-order valence-electron chi connectivity index (χ4n) is 2.15. The van der Waals surface area contributed by atoms with Crippen LogP contribution in [0.3, 0.4) is 0 Å². The van der Waals surface area contributed by atoms with Gasteiger partial charge < -0.3 is 9.84 Å². The molecule has 0 saturated heterocycles. The number of benzene rings is 1. The summed E-state index contributed by atoms with van der Waals surface area (Å²) < 4.78 is 5.15. The van der Waals surface area contributed by atoms with Gasteiger partial charge in [0.1, 0.15) is 11.3 Å². The van der Waals surface area contributed by atoms with Crippen LogP contribution < -0.4 is 0 Å². The molecule has 0 atom stereocenters. The molecule has 1 aliphatic rings. The van der Waals surface area contributed by atoms with Crippen molar-refractivity contribution in [3.05, 3.63) is 53.6 Å². The van der Waals surface area contributed by atoms with Crippen LogP contribution in [0.15, 0.2) is 42.5 Å². The van der Waals surface area contributed by atoms with E-state index in [0.29, 0.717) is 12.0 Å². The van der Waals surface area contributed by atoms with Gasteiger partial charge in [-0.25, -0.2) is 4.79 Å². The number of ether oxygens (including phenoxy) is 1. The molecule has 1 heterocycles. The molecule has 0 aliphatic carbocycles. The average molecular weight is 286 g/mol. The largest absolute Gasteiger partial charge is 0.507 e. The van der Waals surface area contributed by atoms with Crippen molar-refractivity contribution in [2.45, 2.75) is 25.7 Å². The van der Waals surface area contributed by atoms with Gasteiger partial charge in [0.2, 0.25) is 0 Å². The maximum absolute atomic E-state index is 12.1. The van der Waals surface area contributed by atoms with E-state index in [2.05, 4.69) is 0 Å². The van der Waals surface area contributed by atoms with Gasteiger partial charge in [0.05, 0.1) is 6.61 Å². The minimum absolute atomic E-state index is 0.0746. The van der Waals surface area contributed by atoms with Gasteiger partial charge in [0.15, 0.2) is 5.78 Å². The standard InChI is InChI=1S/C17H18O4/c18-14-9-5-3-1-2-4-6-11-21-17(20)16-13(12-14)8-7-10-15(16)19/h2,4-5,7-10,19H,1,3,6,11-12H2/b4-2+,9-5+. The lowest BCUT2D eigenvalue weighted by Gasteiger charge is -2.10. The molecule has 0 saturated carbocycles. The maximum Gasteiger partial charge on any atom is 0.342 e. The van der Waals surface area contributed by atoms with Gasteiger partial charge in [-0.15, -0.1) is 0 Å². The molecule has 21 heavy (non-hydrogen) atoms. The molecule has 0 bridgehead atoms. The lowest BCUT2D eigenvalue weighted by molar-refractivity contribution is -0.114. The Bertz CT molecular complexity index is 584. The second kappa shape index (κ2) is 7.43. The Morgan fingerprint density at radius 2 is 1.76 bits per heavy atom. The van der Waals surface area contributed by atoms with E-state index in [9.17, 15) is 14.7 Å². The third kappa shape index (κ3) is 4.31. The van der Waals surface area contributed by atoms with Gasteiger partial charge in [-0.05, 0) is 37.0 Å². The van der Waals surface area contributed by atoms with Gasteiger partial charge in [0, 0.05) is 6.42 Å². The molecular weight excluding hydrogens is 268 g/mol. The number of allylic oxidation sites excluding steroid dienone is 3. The third-order valence-electron chi connectivity index (χ3n) is 3.19. The number of hydrogen-bond acceptors (Lipinski definition) is 4. The van der Waals surface area contributed by atoms with Gasteiger partial charge in [-0.2, -0.15) is 0 Å². The zero-order valence-corrected chi connectivity index (χ0v) is 11.7. The predicted molar refractivity (Wildman–Crippen MR) is 79.2 cm³/mol. The first-order valence-electron chi connectivity index (χ1n) is 7.01. The summed E-state index contributed by atoms with van der Waals surface area (Å²) in [6.45, 7) is 0.257. The highest BCUT2D eigenvalue weighted by Crippen LogP contribution is 2.23. The van der Waals surface area contributed by atoms with E-state index in [1.165, 1.54) is 12.1 Å². The fourth-order valence-corrected chi connectivity index (χ4v) is 2.15. The monoisotopic (exact) mass is 286 g/mol. The Balaban J connectivity index is 2.30. The van der Waals surface area contributed by atoms with Crippen molar-refractivity contribution in [2.24, 2.45) is 0 Å². The summed E-state index contributed by atoms with van der Waals surface area (Å²) >= 11 is 0. The van der Waals surface area contributed by atoms with E-state index in [-0.39, 0.29) is 30.1 Å². The summed E-state index contributed by atoms with van der Waals surface area (Å²) in [5.74, 6) is -0.849. The van der Waals surface area contributed by atoms with Crippen LogP contribution in [0, 0.1) is 0 Å². The highest BCUT2D eigenvalue weighted by molar-refractivity contribution is 5.98. The number of carbonyl (C=O) groups excluding carboxylic acids is 2. The van der Waals surface area contributed by atoms with Crippen LogP contribution in [-0.2, 0) is 16.0 Å². The molecule has 2 rings (SSSR count). The van der Waals surface area contributed by atoms with Crippen molar-refractivity contribution in [2.75, 3.05) is 6.61 Å². The fraction of sp³-hybridized carbons (Fsp3) is 0.294. The Labute approximate surface area is 123 Å². The maximum atomic E-state index is 12.1. The van der Waals surface area contributed by atoms with Crippen molar-refractivity contribution in [1.82, 2.24) is 0 Å². The second-order valence-electron chi connectivity index (χ2n) is 4.83. The Kier molecular flexibility index (Phi) is 5.32. The molecule has 4 heteroatoms. The molecule has 4 nitrogen and oxygen atoms in total. The zero-order valence-electron chi connectivity index (χ0n) is 11.7. The minimum atomic E-state index is -0.592. The number of fused-ring (bicyclic) bond motifs is 1. The van der Waals surface area contributed by atoms with Crippen LogP contribution >= 0.6 is 0 Å². The summed E-state index contributed by atoms with van der Waals surface area (Å²) in [5, 5.41) is 9.87. The van der Waals surface area contributed by atoms with Crippen LogP contribution in [0.4, 0.5) is 0 Å². The number of esters is 1. The van der Waals surface area contributed by atoms with E-state index in [4.69, 9.17) is 4.74 Å². The summed E-state index contributed by atoms with van der Waals surface area (Å²) in [6.07, 6.45) is 9.67. The Morgan fingerprint density at radius 3 is 2.62 bits per heavy atom. The van der Waals surface area contributed by atoms with Crippen molar-refractivity contribution in [1.29, 1.82) is 0 Å². The first kappa shape index (κ1) is 15.0. The Morgan fingerprint density at radius 1 is 1.00 bits per heavy atom. The smallest absolute Gasteiger partial charge is 0.342 e. The SMILES string of the molecule is O=C1/C=C/CC/C=C/CCOC(=O)c2c(O)cccc2C1. The number of hydrogen-bond donors (Lipinski definition) is 1. The zero-order chi connectivity index (χ0) is 15.1. The van der Waals surface area contributed by atoms with Gasteiger partial charge in [-0.3, -0.25) is 4.79 Å². The number of ketones is 1. The van der Waals surface area contributed by atoms with Crippen molar-refractivity contribution < 1.29 is 19.4 Å². The van der Waals surface area contributed by atoms with E-state index < -0.39 is 5.97 Å². The molecule has 0 spiro atoms. The first-order chi connectivity index (χ1) is 10.2. The Hall–Kier alpha value is -2.36. The van der Waals surface area contributed by atoms with Crippen LogP contribution in [-0.4, -0.2) is 23.5 Å². The molecule has 110 valence electrons. The molecule has 0 fully saturated rings. The lowest BCUT2D eigenvalue weighted by Crippen LogP contribution is -2.11.